The molecule has 136 valence electrons. The van der Waals surface area contributed by atoms with Crippen LogP contribution >= 0.6 is 11.3 Å². The zero-order chi connectivity index (χ0) is 18.3. The Morgan fingerprint density at radius 1 is 1.42 bits per heavy atom. The van der Waals surface area contributed by atoms with E-state index in [0.717, 1.165) is 18.5 Å². The van der Waals surface area contributed by atoms with E-state index < -0.39 is 5.41 Å². The van der Waals surface area contributed by atoms with Crippen molar-refractivity contribution in [2.45, 2.75) is 37.8 Å². The SMILES string of the molecule is COC(=O)[C@@]1(Cc2cscn2)C[C@H]2CC[C@@H]1N2C(=O)c1ccc(=O)[nH]n1. The molecular weight excluding hydrogens is 356 g/mol. The van der Waals surface area contributed by atoms with E-state index in [1.54, 1.807) is 10.4 Å². The molecule has 9 heteroatoms. The maximum absolute atomic E-state index is 13.0. The summed E-state index contributed by atoms with van der Waals surface area (Å²) in [5.41, 5.74) is 1.60. The molecule has 1 amide bonds. The molecule has 2 aromatic rings. The van der Waals surface area contributed by atoms with Crippen molar-refractivity contribution in [1.82, 2.24) is 20.1 Å². The fourth-order valence-corrected chi connectivity index (χ4v) is 4.98. The Kier molecular flexibility index (Phi) is 4.10. The van der Waals surface area contributed by atoms with Crippen LogP contribution in [-0.2, 0) is 16.0 Å². The average Bonchev–Trinajstić information content (AvgIpc) is 3.37. The molecule has 1 N–H and O–H groups in total. The molecule has 0 saturated carbocycles. The zero-order valence-electron chi connectivity index (χ0n) is 14.2. The summed E-state index contributed by atoms with van der Waals surface area (Å²) in [4.78, 5) is 43.0. The number of fused-ring (bicyclic) bond motifs is 2. The van der Waals surface area contributed by atoms with Gasteiger partial charge in [-0.05, 0) is 25.3 Å². The molecule has 0 aliphatic carbocycles. The number of thiazole rings is 1. The van der Waals surface area contributed by atoms with Gasteiger partial charge in [0.05, 0.1) is 23.7 Å². The Balaban J connectivity index is 1.68. The van der Waals surface area contributed by atoms with Crippen molar-refractivity contribution in [1.29, 1.82) is 0 Å². The summed E-state index contributed by atoms with van der Waals surface area (Å²) in [6.45, 7) is 0. The summed E-state index contributed by atoms with van der Waals surface area (Å²) in [6.07, 6.45) is 2.58. The predicted molar refractivity (Wildman–Crippen MR) is 92.7 cm³/mol. The van der Waals surface area contributed by atoms with Crippen molar-refractivity contribution in [2.24, 2.45) is 5.41 Å². The summed E-state index contributed by atoms with van der Waals surface area (Å²) in [6, 6.07) is 2.39. The molecule has 2 aliphatic heterocycles. The van der Waals surface area contributed by atoms with E-state index in [2.05, 4.69) is 15.2 Å². The van der Waals surface area contributed by atoms with Crippen molar-refractivity contribution in [3.63, 3.8) is 0 Å². The maximum Gasteiger partial charge on any atom is 0.314 e. The van der Waals surface area contributed by atoms with E-state index in [-0.39, 0.29) is 35.2 Å². The average molecular weight is 374 g/mol. The fourth-order valence-electron chi connectivity index (χ4n) is 4.42. The number of rotatable bonds is 4. The van der Waals surface area contributed by atoms with Crippen LogP contribution in [0.15, 0.2) is 27.8 Å². The van der Waals surface area contributed by atoms with Crippen LogP contribution in [0.25, 0.3) is 0 Å². The first-order valence-corrected chi connectivity index (χ1v) is 9.33. The standard InChI is InChI=1S/C17H18N4O4S/c1-25-16(24)17(6-10-8-26-9-18-10)7-11-2-4-13(17)21(11)15(23)12-3-5-14(22)20-19-12/h3,5,8-9,11,13H,2,4,6-7H2,1H3,(H,20,22)/t11-,13+,17+/m1/s1. The zero-order valence-corrected chi connectivity index (χ0v) is 15.0. The second-order valence-electron chi connectivity index (χ2n) is 6.77. The van der Waals surface area contributed by atoms with E-state index in [0.29, 0.717) is 12.8 Å². The van der Waals surface area contributed by atoms with Gasteiger partial charge >= 0.3 is 5.97 Å². The third-order valence-electron chi connectivity index (χ3n) is 5.44. The minimum absolute atomic E-state index is 0.0426. The topological polar surface area (TPSA) is 105 Å². The molecule has 0 radical (unpaired) electrons. The third kappa shape index (κ3) is 2.54. The highest BCUT2D eigenvalue weighted by Crippen LogP contribution is 2.52. The van der Waals surface area contributed by atoms with Gasteiger partial charge in [0.2, 0.25) is 0 Å². The quantitative estimate of drug-likeness (QED) is 0.801. The summed E-state index contributed by atoms with van der Waals surface area (Å²) >= 11 is 1.48. The van der Waals surface area contributed by atoms with Crippen LogP contribution in [0.5, 0.6) is 0 Å². The van der Waals surface area contributed by atoms with Gasteiger partial charge in [0.15, 0.2) is 0 Å². The van der Waals surface area contributed by atoms with Gasteiger partial charge in [-0.2, -0.15) is 5.10 Å². The summed E-state index contributed by atoms with van der Waals surface area (Å²) < 4.78 is 5.12. The number of aromatic amines is 1. The normalized spacial score (nSPS) is 26.9. The van der Waals surface area contributed by atoms with Crippen LogP contribution in [0.1, 0.15) is 35.4 Å². The number of esters is 1. The number of ether oxygens (including phenoxy) is 1. The highest BCUT2D eigenvalue weighted by atomic mass is 32.1. The number of amides is 1. The van der Waals surface area contributed by atoms with Gasteiger partial charge in [0, 0.05) is 30.0 Å². The van der Waals surface area contributed by atoms with E-state index in [1.807, 2.05) is 5.38 Å². The van der Waals surface area contributed by atoms with Crippen LogP contribution in [0.3, 0.4) is 0 Å². The lowest BCUT2D eigenvalue weighted by molar-refractivity contribution is -0.154. The summed E-state index contributed by atoms with van der Waals surface area (Å²) in [5, 5.41) is 8.07. The molecule has 0 unspecified atom stereocenters. The molecule has 8 nitrogen and oxygen atoms in total. The van der Waals surface area contributed by atoms with E-state index in [4.69, 9.17) is 4.74 Å². The number of carbonyl (C=O) groups excluding carboxylic acids is 2. The Morgan fingerprint density at radius 2 is 2.27 bits per heavy atom. The first-order valence-electron chi connectivity index (χ1n) is 8.39. The lowest BCUT2D eigenvalue weighted by Crippen LogP contribution is -2.47. The number of nitrogens with zero attached hydrogens (tertiary/aromatic N) is 3. The Labute approximate surface area is 153 Å². The second-order valence-corrected chi connectivity index (χ2v) is 7.49. The minimum Gasteiger partial charge on any atom is -0.469 e. The first-order chi connectivity index (χ1) is 12.5. The molecule has 0 aromatic carbocycles. The first kappa shape index (κ1) is 16.9. The third-order valence-corrected chi connectivity index (χ3v) is 6.08. The Hall–Kier alpha value is -2.55. The lowest BCUT2D eigenvalue weighted by atomic mass is 9.71. The highest BCUT2D eigenvalue weighted by Gasteiger charge is 2.62. The molecule has 4 rings (SSSR count). The second kappa shape index (κ2) is 6.31. The molecule has 2 aromatic heterocycles. The number of aromatic nitrogens is 3. The number of hydrogen-bond acceptors (Lipinski definition) is 7. The van der Waals surface area contributed by atoms with Crippen LogP contribution < -0.4 is 5.56 Å². The summed E-state index contributed by atoms with van der Waals surface area (Å²) in [5.74, 6) is -0.567. The van der Waals surface area contributed by atoms with Crippen molar-refractivity contribution in [2.75, 3.05) is 7.11 Å². The Bertz CT molecular complexity index is 876. The van der Waals surface area contributed by atoms with Crippen LogP contribution in [0.4, 0.5) is 0 Å². The van der Waals surface area contributed by atoms with E-state index in [9.17, 15) is 14.4 Å². The smallest absolute Gasteiger partial charge is 0.314 e. The minimum atomic E-state index is -0.788. The number of carbonyl (C=O) groups is 2. The monoisotopic (exact) mass is 374 g/mol. The molecule has 26 heavy (non-hydrogen) atoms. The number of hydrogen-bond donors (Lipinski definition) is 1. The van der Waals surface area contributed by atoms with Crippen molar-refractivity contribution < 1.29 is 14.3 Å². The van der Waals surface area contributed by atoms with Gasteiger partial charge in [0.1, 0.15) is 5.69 Å². The van der Waals surface area contributed by atoms with Crippen molar-refractivity contribution in [3.8, 4) is 0 Å². The predicted octanol–water partition coefficient (Wildman–Crippen LogP) is 1.01. The Morgan fingerprint density at radius 3 is 2.92 bits per heavy atom. The van der Waals surface area contributed by atoms with Crippen molar-refractivity contribution >= 4 is 23.2 Å². The number of H-pyrrole nitrogens is 1. The molecule has 2 saturated heterocycles. The lowest BCUT2D eigenvalue weighted by Gasteiger charge is -2.34. The largest absolute Gasteiger partial charge is 0.469 e. The fraction of sp³-hybridized carbons (Fsp3) is 0.471. The highest BCUT2D eigenvalue weighted by molar-refractivity contribution is 7.07. The van der Waals surface area contributed by atoms with Gasteiger partial charge < -0.3 is 9.64 Å². The van der Waals surface area contributed by atoms with Gasteiger partial charge in [-0.1, -0.05) is 0 Å². The molecule has 3 atom stereocenters. The van der Waals surface area contributed by atoms with Crippen LogP contribution in [0, 0.1) is 5.41 Å². The molecule has 4 heterocycles. The molecule has 2 fully saturated rings. The van der Waals surface area contributed by atoms with Crippen molar-refractivity contribution in [3.05, 3.63) is 44.8 Å². The summed E-state index contributed by atoms with van der Waals surface area (Å²) in [7, 11) is 1.38. The van der Waals surface area contributed by atoms with Crippen LogP contribution in [-0.4, -0.2) is 51.2 Å². The van der Waals surface area contributed by atoms with E-state index in [1.165, 1.54) is 30.6 Å². The maximum atomic E-state index is 13.0. The van der Waals surface area contributed by atoms with E-state index >= 15 is 0 Å². The molecular formula is C17H18N4O4S. The molecule has 2 aliphatic rings. The molecule has 2 bridgehead atoms. The molecule has 0 spiro atoms. The number of methoxy groups -OCH3 is 1. The van der Waals surface area contributed by atoms with Gasteiger partial charge in [-0.25, -0.2) is 10.1 Å². The van der Waals surface area contributed by atoms with Gasteiger partial charge in [-0.3, -0.25) is 14.4 Å². The van der Waals surface area contributed by atoms with Gasteiger partial charge in [0.25, 0.3) is 11.5 Å². The van der Waals surface area contributed by atoms with Crippen LogP contribution in [0.2, 0.25) is 0 Å². The van der Waals surface area contributed by atoms with Gasteiger partial charge in [-0.15, -0.1) is 11.3 Å². The number of nitrogens with one attached hydrogen (secondary N) is 1.